The van der Waals surface area contributed by atoms with Crippen LogP contribution >= 0.6 is 23.6 Å². The monoisotopic (exact) mass is 275 g/mol. The molecular weight excluding hydrogens is 262 g/mol. The Hall–Kier alpha value is -1.59. The maximum atomic E-state index is 5.28. The molecule has 2 aromatic heterocycles. The van der Waals surface area contributed by atoms with Gasteiger partial charge in [0.15, 0.2) is 5.11 Å². The topological polar surface area (TPSA) is 29.0 Å². The van der Waals surface area contributed by atoms with Crippen LogP contribution in [-0.2, 0) is 7.05 Å². The maximum absolute atomic E-state index is 5.28. The Morgan fingerprint density at radius 1 is 1.33 bits per heavy atom. The van der Waals surface area contributed by atoms with E-state index in [0.717, 1.165) is 11.4 Å². The Labute approximate surface area is 115 Å². The van der Waals surface area contributed by atoms with Gasteiger partial charge in [-0.3, -0.25) is 0 Å². The van der Waals surface area contributed by atoms with Crippen LogP contribution in [0.25, 0.3) is 5.70 Å². The average Bonchev–Trinajstić information content (AvgIpc) is 2.98. The number of rotatable bonds is 2. The smallest absolute Gasteiger partial charge is 0.171 e. The molecule has 0 bridgehead atoms. The number of nitrogens with zero attached hydrogens (tertiary/aromatic N) is 1. The standard InChI is InChI=1S/C13H13N3S2/c1-16-6-2-4-11(16)9-8-10(15-13(17)14-9)12-5-3-7-18-12/h2-8,10H,1H3,(H2,14,15,17). The van der Waals surface area contributed by atoms with Crippen molar-refractivity contribution in [1.82, 2.24) is 15.2 Å². The van der Waals surface area contributed by atoms with Crippen molar-refractivity contribution in [3.63, 3.8) is 0 Å². The third-order valence-corrected chi connectivity index (χ3v) is 4.11. The molecule has 2 aromatic rings. The van der Waals surface area contributed by atoms with E-state index in [4.69, 9.17) is 12.2 Å². The Morgan fingerprint density at radius 2 is 2.22 bits per heavy atom. The Kier molecular flexibility index (Phi) is 2.93. The number of hydrogen-bond donors (Lipinski definition) is 2. The minimum absolute atomic E-state index is 0.156. The van der Waals surface area contributed by atoms with Crippen LogP contribution in [0.5, 0.6) is 0 Å². The predicted molar refractivity (Wildman–Crippen MR) is 79.3 cm³/mol. The molecule has 0 aromatic carbocycles. The minimum atomic E-state index is 0.156. The van der Waals surface area contributed by atoms with Gasteiger partial charge >= 0.3 is 0 Å². The maximum Gasteiger partial charge on any atom is 0.171 e. The number of thiocarbonyl (C=S) groups is 1. The fraction of sp³-hybridized carbons (Fsp3) is 0.154. The highest BCUT2D eigenvalue weighted by Crippen LogP contribution is 2.26. The lowest BCUT2D eigenvalue weighted by Crippen LogP contribution is -2.40. The van der Waals surface area contributed by atoms with Gasteiger partial charge in [-0.25, -0.2) is 0 Å². The van der Waals surface area contributed by atoms with Gasteiger partial charge in [0, 0.05) is 18.1 Å². The number of thiophene rings is 1. The van der Waals surface area contributed by atoms with Gasteiger partial charge in [0.25, 0.3) is 0 Å². The molecule has 18 heavy (non-hydrogen) atoms. The van der Waals surface area contributed by atoms with Gasteiger partial charge in [0.2, 0.25) is 0 Å². The fourth-order valence-electron chi connectivity index (χ4n) is 2.06. The van der Waals surface area contributed by atoms with Crippen LogP contribution in [0.2, 0.25) is 0 Å². The van der Waals surface area contributed by atoms with E-state index < -0.39 is 0 Å². The molecule has 92 valence electrons. The molecule has 1 atom stereocenters. The van der Waals surface area contributed by atoms with E-state index >= 15 is 0 Å². The van der Waals surface area contributed by atoms with Crippen LogP contribution in [0.1, 0.15) is 16.6 Å². The first-order chi connectivity index (χ1) is 8.74. The van der Waals surface area contributed by atoms with E-state index in [9.17, 15) is 0 Å². The van der Waals surface area contributed by atoms with Gasteiger partial charge in [0.1, 0.15) is 0 Å². The minimum Gasteiger partial charge on any atom is -0.351 e. The zero-order chi connectivity index (χ0) is 12.5. The molecule has 1 aliphatic heterocycles. The lowest BCUT2D eigenvalue weighted by Gasteiger charge is -2.25. The van der Waals surface area contributed by atoms with Crippen LogP contribution in [0.3, 0.4) is 0 Å². The van der Waals surface area contributed by atoms with E-state index in [0.29, 0.717) is 5.11 Å². The third kappa shape index (κ3) is 2.07. The fourth-order valence-corrected chi connectivity index (χ4v) is 3.04. The molecule has 3 heterocycles. The highest BCUT2D eigenvalue weighted by molar-refractivity contribution is 7.80. The summed E-state index contributed by atoms with van der Waals surface area (Å²) in [5.41, 5.74) is 2.20. The number of nitrogens with one attached hydrogen (secondary N) is 2. The van der Waals surface area contributed by atoms with Crippen molar-refractivity contribution >= 4 is 34.4 Å². The molecule has 0 radical (unpaired) electrons. The van der Waals surface area contributed by atoms with Gasteiger partial charge in [0.05, 0.1) is 17.4 Å². The van der Waals surface area contributed by atoms with E-state index in [1.54, 1.807) is 11.3 Å². The summed E-state index contributed by atoms with van der Waals surface area (Å²) in [6.07, 6.45) is 4.21. The first kappa shape index (κ1) is 11.5. The van der Waals surface area contributed by atoms with Crippen molar-refractivity contribution in [3.05, 3.63) is 52.5 Å². The quantitative estimate of drug-likeness (QED) is 0.826. The zero-order valence-corrected chi connectivity index (χ0v) is 11.5. The number of hydrogen-bond acceptors (Lipinski definition) is 2. The summed E-state index contributed by atoms with van der Waals surface area (Å²) >= 11 is 7.02. The number of aromatic nitrogens is 1. The molecule has 0 spiro atoms. The van der Waals surface area contributed by atoms with Crippen molar-refractivity contribution in [3.8, 4) is 0 Å². The lowest BCUT2D eigenvalue weighted by molar-refractivity contribution is 0.773. The van der Waals surface area contributed by atoms with Gasteiger partial charge in [-0.1, -0.05) is 6.07 Å². The van der Waals surface area contributed by atoms with Crippen molar-refractivity contribution in [2.45, 2.75) is 6.04 Å². The van der Waals surface area contributed by atoms with Crippen molar-refractivity contribution in [2.75, 3.05) is 0 Å². The molecule has 0 amide bonds. The second-order valence-corrected chi connectivity index (χ2v) is 5.56. The summed E-state index contributed by atoms with van der Waals surface area (Å²) in [6, 6.07) is 8.45. The van der Waals surface area contributed by atoms with Crippen molar-refractivity contribution in [1.29, 1.82) is 0 Å². The van der Waals surface area contributed by atoms with E-state index in [-0.39, 0.29) is 6.04 Å². The molecule has 3 nitrogen and oxygen atoms in total. The Bertz CT molecular complexity index is 596. The second kappa shape index (κ2) is 4.59. The highest BCUT2D eigenvalue weighted by Gasteiger charge is 2.19. The summed E-state index contributed by atoms with van der Waals surface area (Å²) in [7, 11) is 2.03. The molecular formula is C13H13N3S2. The van der Waals surface area contributed by atoms with Crippen LogP contribution in [0, 0.1) is 0 Å². The molecule has 0 saturated heterocycles. The first-order valence-corrected chi connectivity index (χ1v) is 6.97. The Balaban J connectivity index is 1.99. The number of aryl methyl sites for hydroxylation is 1. The molecule has 0 aliphatic carbocycles. The van der Waals surface area contributed by atoms with Crippen molar-refractivity contribution in [2.24, 2.45) is 7.05 Å². The molecule has 2 N–H and O–H groups in total. The van der Waals surface area contributed by atoms with Crippen molar-refractivity contribution < 1.29 is 0 Å². The largest absolute Gasteiger partial charge is 0.351 e. The van der Waals surface area contributed by atoms with Gasteiger partial charge in [-0.05, 0) is 41.9 Å². The summed E-state index contributed by atoms with van der Waals surface area (Å²) in [5.74, 6) is 0. The van der Waals surface area contributed by atoms with Gasteiger partial charge in [-0.15, -0.1) is 11.3 Å². The van der Waals surface area contributed by atoms with E-state index in [1.807, 2.05) is 19.3 Å². The van der Waals surface area contributed by atoms with Crippen LogP contribution in [-0.4, -0.2) is 9.68 Å². The molecule has 1 aliphatic rings. The lowest BCUT2D eigenvalue weighted by atomic mass is 10.1. The van der Waals surface area contributed by atoms with E-state index in [2.05, 4.69) is 44.9 Å². The summed E-state index contributed by atoms with van der Waals surface area (Å²) in [4.78, 5) is 1.27. The van der Waals surface area contributed by atoms with Gasteiger partial charge in [-0.2, -0.15) is 0 Å². The average molecular weight is 275 g/mol. The molecule has 1 unspecified atom stereocenters. The Morgan fingerprint density at radius 3 is 2.89 bits per heavy atom. The molecule has 5 heteroatoms. The summed E-state index contributed by atoms with van der Waals surface area (Å²) in [5, 5.41) is 9.25. The molecule has 0 saturated carbocycles. The molecule has 3 rings (SSSR count). The van der Waals surface area contributed by atoms with Crippen LogP contribution < -0.4 is 10.6 Å². The SMILES string of the molecule is Cn1cccc1C1=CC(c2cccs2)NC(=S)N1. The third-order valence-electron chi connectivity index (χ3n) is 2.94. The van der Waals surface area contributed by atoms with Crippen LogP contribution in [0.15, 0.2) is 41.9 Å². The van der Waals surface area contributed by atoms with Gasteiger partial charge < -0.3 is 15.2 Å². The van der Waals surface area contributed by atoms with Crippen LogP contribution in [0.4, 0.5) is 0 Å². The second-order valence-electron chi connectivity index (χ2n) is 4.18. The summed E-state index contributed by atoms with van der Waals surface area (Å²) in [6.45, 7) is 0. The summed E-state index contributed by atoms with van der Waals surface area (Å²) < 4.78 is 2.08. The van der Waals surface area contributed by atoms with E-state index in [1.165, 1.54) is 4.88 Å². The zero-order valence-electron chi connectivity index (χ0n) is 9.88. The normalized spacial score (nSPS) is 19.1. The predicted octanol–water partition coefficient (Wildman–Crippen LogP) is 2.65. The highest BCUT2D eigenvalue weighted by atomic mass is 32.1. The molecule has 0 fully saturated rings. The first-order valence-electron chi connectivity index (χ1n) is 5.68.